The highest BCUT2D eigenvalue weighted by atomic mass is 16.5. The Bertz CT molecular complexity index is 326. The molecule has 0 unspecified atom stereocenters. The van der Waals surface area contributed by atoms with Gasteiger partial charge in [0.1, 0.15) is 0 Å². The molecule has 0 aliphatic rings. The highest BCUT2D eigenvalue weighted by Gasteiger charge is 2.03. The number of hydrogen-bond acceptors (Lipinski definition) is 3. The van der Waals surface area contributed by atoms with Crippen molar-refractivity contribution in [3.05, 3.63) is 29.6 Å². The summed E-state index contributed by atoms with van der Waals surface area (Å²) < 4.78 is 5.58. The molecule has 0 aromatic carbocycles. The zero-order valence-corrected chi connectivity index (χ0v) is 11.4. The minimum absolute atomic E-state index is 0.612. The van der Waals surface area contributed by atoms with Crippen molar-refractivity contribution in [1.29, 1.82) is 0 Å². The van der Waals surface area contributed by atoms with E-state index in [2.05, 4.69) is 43.8 Å². The summed E-state index contributed by atoms with van der Waals surface area (Å²) in [6, 6.07) is 2.05. The van der Waals surface area contributed by atoms with Crippen LogP contribution in [0.3, 0.4) is 0 Å². The maximum absolute atomic E-state index is 5.58. The van der Waals surface area contributed by atoms with E-state index in [9.17, 15) is 0 Å². The molecule has 0 aliphatic heterocycles. The summed E-state index contributed by atoms with van der Waals surface area (Å²) in [5.41, 5.74) is 2.59. The van der Waals surface area contributed by atoms with Gasteiger partial charge >= 0.3 is 0 Å². The second-order valence-corrected chi connectivity index (χ2v) is 5.01. The van der Waals surface area contributed by atoms with Gasteiger partial charge in [0.25, 0.3) is 0 Å². The molecular formula is C14H24N2O. The van der Waals surface area contributed by atoms with E-state index in [-0.39, 0.29) is 0 Å². The molecule has 1 heterocycles. The number of likely N-dealkylation sites (N-methyl/N-ethyl adjacent to an activating group) is 1. The predicted molar refractivity (Wildman–Crippen MR) is 71.0 cm³/mol. The van der Waals surface area contributed by atoms with Gasteiger partial charge in [-0.15, -0.1) is 0 Å². The van der Waals surface area contributed by atoms with E-state index >= 15 is 0 Å². The maximum Gasteiger partial charge on any atom is 0.0593 e. The van der Waals surface area contributed by atoms with Crippen molar-refractivity contribution < 1.29 is 4.74 Å². The molecule has 3 nitrogen and oxygen atoms in total. The maximum atomic E-state index is 5.58. The van der Waals surface area contributed by atoms with Crippen LogP contribution in [0.4, 0.5) is 0 Å². The van der Waals surface area contributed by atoms with Gasteiger partial charge < -0.3 is 4.74 Å². The fourth-order valence-corrected chi connectivity index (χ4v) is 1.57. The van der Waals surface area contributed by atoms with E-state index in [1.165, 1.54) is 11.1 Å². The Balaban J connectivity index is 2.25. The molecule has 96 valence electrons. The van der Waals surface area contributed by atoms with Crippen LogP contribution in [0.1, 0.15) is 25.0 Å². The van der Waals surface area contributed by atoms with Crippen molar-refractivity contribution in [3.8, 4) is 0 Å². The van der Waals surface area contributed by atoms with Gasteiger partial charge in [0.15, 0.2) is 0 Å². The first kappa shape index (κ1) is 14.1. The molecule has 0 bridgehead atoms. The minimum atomic E-state index is 0.612. The van der Waals surface area contributed by atoms with Crippen molar-refractivity contribution in [2.45, 2.75) is 27.3 Å². The van der Waals surface area contributed by atoms with Gasteiger partial charge in [-0.05, 0) is 37.1 Å². The predicted octanol–water partition coefficient (Wildman–Crippen LogP) is 2.49. The van der Waals surface area contributed by atoms with Crippen LogP contribution in [0.5, 0.6) is 0 Å². The van der Waals surface area contributed by atoms with Crippen LogP contribution in [0, 0.1) is 12.8 Å². The largest absolute Gasteiger partial charge is 0.380 e. The Hall–Kier alpha value is -0.930. The second kappa shape index (κ2) is 7.41. The van der Waals surface area contributed by atoms with E-state index in [1.54, 1.807) is 0 Å². The number of nitrogens with zero attached hydrogens (tertiary/aromatic N) is 2. The van der Waals surface area contributed by atoms with E-state index in [0.717, 1.165) is 26.3 Å². The smallest absolute Gasteiger partial charge is 0.0593 e. The summed E-state index contributed by atoms with van der Waals surface area (Å²) in [4.78, 5) is 6.43. The summed E-state index contributed by atoms with van der Waals surface area (Å²) in [5, 5.41) is 0. The standard InChI is InChI=1S/C14H24N2O/c1-12(2)11-17-8-7-16(4)10-14-9-15-6-5-13(14)3/h5-6,9,12H,7-8,10-11H2,1-4H3. The number of pyridine rings is 1. The molecule has 0 N–H and O–H groups in total. The summed E-state index contributed by atoms with van der Waals surface area (Å²) in [7, 11) is 2.12. The molecular weight excluding hydrogens is 212 g/mol. The first-order valence-corrected chi connectivity index (χ1v) is 6.25. The molecule has 0 saturated carbocycles. The Labute approximate surface area is 105 Å². The molecule has 1 rings (SSSR count). The molecule has 17 heavy (non-hydrogen) atoms. The van der Waals surface area contributed by atoms with Crippen molar-refractivity contribution in [3.63, 3.8) is 0 Å². The lowest BCUT2D eigenvalue weighted by atomic mass is 10.1. The summed E-state index contributed by atoms with van der Waals surface area (Å²) in [6.45, 7) is 10.0. The highest BCUT2D eigenvalue weighted by molar-refractivity contribution is 5.20. The first-order chi connectivity index (χ1) is 8.09. The molecule has 0 amide bonds. The van der Waals surface area contributed by atoms with Crippen LogP contribution in [0.15, 0.2) is 18.5 Å². The number of rotatable bonds is 7. The third-order valence-electron chi connectivity index (χ3n) is 2.66. The van der Waals surface area contributed by atoms with E-state index in [1.807, 2.05) is 12.4 Å². The fraction of sp³-hybridized carbons (Fsp3) is 0.643. The lowest BCUT2D eigenvalue weighted by Crippen LogP contribution is -2.23. The first-order valence-electron chi connectivity index (χ1n) is 6.25. The summed E-state index contributed by atoms with van der Waals surface area (Å²) in [6.07, 6.45) is 3.78. The lowest BCUT2D eigenvalue weighted by Gasteiger charge is -2.18. The number of aryl methyl sites for hydroxylation is 1. The van der Waals surface area contributed by atoms with Crippen molar-refractivity contribution in [2.75, 3.05) is 26.8 Å². The minimum Gasteiger partial charge on any atom is -0.380 e. The summed E-state index contributed by atoms with van der Waals surface area (Å²) in [5.74, 6) is 0.612. The average Bonchev–Trinajstić information content (AvgIpc) is 2.27. The molecule has 1 aromatic rings. The molecule has 1 aromatic heterocycles. The van der Waals surface area contributed by atoms with Gasteiger partial charge in [-0.2, -0.15) is 0 Å². The van der Waals surface area contributed by atoms with Crippen molar-refractivity contribution in [1.82, 2.24) is 9.88 Å². The Morgan fingerprint density at radius 2 is 2.18 bits per heavy atom. The topological polar surface area (TPSA) is 25.4 Å². The SMILES string of the molecule is Cc1ccncc1CN(C)CCOCC(C)C. The highest BCUT2D eigenvalue weighted by Crippen LogP contribution is 2.07. The second-order valence-electron chi connectivity index (χ2n) is 5.01. The monoisotopic (exact) mass is 236 g/mol. The zero-order chi connectivity index (χ0) is 12.7. The van der Waals surface area contributed by atoms with E-state index < -0.39 is 0 Å². The molecule has 0 spiro atoms. The van der Waals surface area contributed by atoms with Gasteiger partial charge in [0, 0.05) is 32.1 Å². The zero-order valence-electron chi connectivity index (χ0n) is 11.4. The number of ether oxygens (including phenoxy) is 1. The van der Waals surface area contributed by atoms with Gasteiger partial charge in [0.2, 0.25) is 0 Å². The fourth-order valence-electron chi connectivity index (χ4n) is 1.57. The van der Waals surface area contributed by atoms with Gasteiger partial charge in [0.05, 0.1) is 6.61 Å². The molecule has 0 fully saturated rings. The van der Waals surface area contributed by atoms with Crippen molar-refractivity contribution >= 4 is 0 Å². The number of hydrogen-bond donors (Lipinski definition) is 0. The van der Waals surface area contributed by atoms with Crippen molar-refractivity contribution in [2.24, 2.45) is 5.92 Å². The number of aromatic nitrogens is 1. The molecule has 0 aliphatic carbocycles. The molecule has 3 heteroatoms. The molecule has 0 saturated heterocycles. The van der Waals surface area contributed by atoms with Crippen LogP contribution in [0.2, 0.25) is 0 Å². The van der Waals surface area contributed by atoms with Gasteiger partial charge in [-0.3, -0.25) is 9.88 Å². The quantitative estimate of drug-likeness (QED) is 0.680. The van der Waals surface area contributed by atoms with Crippen LogP contribution >= 0.6 is 0 Å². The lowest BCUT2D eigenvalue weighted by molar-refractivity contribution is 0.0901. The summed E-state index contributed by atoms with van der Waals surface area (Å²) >= 11 is 0. The average molecular weight is 236 g/mol. The third-order valence-corrected chi connectivity index (χ3v) is 2.66. The van der Waals surface area contributed by atoms with Gasteiger partial charge in [-0.1, -0.05) is 13.8 Å². The third kappa shape index (κ3) is 5.80. The van der Waals surface area contributed by atoms with Crippen LogP contribution < -0.4 is 0 Å². The normalized spacial score (nSPS) is 11.4. The van der Waals surface area contributed by atoms with E-state index in [0.29, 0.717) is 5.92 Å². The van der Waals surface area contributed by atoms with Crippen LogP contribution in [0.25, 0.3) is 0 Å². The van der Waals surface area contributed by atoms with Crippen LogP contribution in [-0.4, -0.2) is 36.7 Å². The Morgan fingerprint density at radius 1 is 1.41 bits per heavy atom. The Morgan fingerprint density at radius 3 is 2.82 bits per heavy atom. The van der Waals surface area contributed by atoms with Crippen LogP contribution in [-0.2, 0) is 11.3 Å². The van der Waals surface area contributed by atoms with Gasteiger partial charge in [-0.25, -0.2) is 0 Å². The molecule has 0 atom stereocenters. The molecule has 0 radical (unpaired) electrons. The Kier molecular flexibility index (Phi) is 6.16. The van der Waals surface area contributed by atoms with E-state index in [4.69, 9.17) is 4.74 Å².